The lowest BCUT2D eigenvalue weighted by Crippen LogP contribution is -2.45. The molecule has 1 aliphatic rings. The average molecular weight is 459 g/mol. The summed E-state index contributed by atoms with van der Waals surface area (Å²) in [5.74, 6) is 1.55. The van der Waals surface area contributed by atoms with Crippen LogP contribution in [0.25, 0.3) is 0 Å². The minimum Gasteiger partial charge on any atom is -0.466 e. The van der Waals surface area contributed by atoms with Crippen LogP contribution in [0, 0.1) is 5.41 Å². The fraction of sp³-hybridized carbons (Fsp3) is 0.591. The van der Waals surface area contributed by atoms with E-state index in [2.05, 4.69) is 65.4 Å². The molecule has 0 bridgehead atoms. The summed E-state index contributed by atoms with van der Waals surface area (Å²) in [7, 11) is 4.21. The Morgan fingerprint density at radius 1 is 1.12 bits per heavy atom. The lowest BCUT2D eigenvalue weighted by Gasteiger charge is -2.40. The number of halogens is 1. The molecule has 1 saturated carbocycles. The van der Waals surface area contributed by atoms with E-state index in [0.29, 0.717) is 10.8 Å². The minimum atomic E-state index is -0.526. The number of hydrogen-bond donors (Lipinski definition) is 0. The molecule has 172 valence electrons. The lowest BCUT2D eigenvalue weighted by molar-refractivity contribution is -0.00585. The van der Waals surface area contributed by atoms with E-state index in [1.54, 1.807) is 11.0 Å². The Bertz CT molecular complexity index is 1000. The third-order valence-electron chi connectivity index (χ3n) is 6.38. The van der Waals surface area contributed by atoms with E-state index < -0.39 is 6.23 Å². The van der Waals surface area contributed by atoms with Crippen molar-refractivity contribution < 1.29 is 4.74 Å². The highest BCUT2D eigenvalue weighted by molar-refractivity contribution is 6.30. The van der Waals surface area contributed by atoms with E-state index in [4.69, 9.17) is 16.3 Å². The first-order valence-corrected chi connectivity index (χ1v) is 11.3. The number of benzene rings is 1. The standard InChI is InChI=1S/C22H31ClN8O/c1-21(2,3)18(31-20(26-27-28-31)22(29(4)5)12-6-7-13-22)19(30-15-24-14-25-30)32-17-10-8-16(23)9-11-17/h8-11,14-15,18-19H,6-7,12-13H2,1-5H3/t18-,19+/m1/s1. The normalized spacial score (nSPS) is 18.1. The van der Waals surface area contributed by atoms with Gasteiger partial charge in [0.25, 0.3) is 0 Å². The number of ether oxygens (including phenoxy) is 1. The van der Waals surface area contributed by atoms with Gasteiger partial charge in [0, 0.05) is 5.02 Å². The highest BCUT2D eigenvalue weighted by Gasteiger charge is 2.47. The van der Waals surface area contributed by atoms with Crippen molar-refractivity contribution in [1.29, 1.82) is 0 Å². The van der Waals surface area contributed by atoms with Crippen LogP contribution < -0.4 is 4.74 Å². The lowest BCUT2D eigenvalue weighted by atomic mass is 9.84. The van der Waals surface area contributed by atoms with Crippen LogP contribution in [0.1, 0.15) is 64.5 Å². The van der Waals surface area contributed by atoms with Gasteiger partial charge in [-0.15, -0.1) is 5.10 Å². The molecule has 0 saturated heterocycles. The molecule has 0 spiro atoms. The van der Waals surface area contributed by atoms with Gasteiger partial charge < -0.3 is 4.74 Å². The van der Waals surface area contributed by atoms with Crippen molar-refractivity contribution in [3.05, 3.63) is 47.8 Å². The Labute approximate surface area is 193 Å². The maximum absolute atomic E-state index is 6.51. The van der Waals surface area contributed by atoms with Gasteiger partial charge in [0.2, 0.25) is 6.23 Å². The third kappa shape index (κ3) is 4.23. The molecule has 1 fully saturated rings. The Balaban J connectivity index is 1.83. The highest BCUT2D eigenvalue weighted by Crippen LogP contribution is 2.46. The molecule has 0 aliphatic heterocycles. The molecule has 0 radical (unpaired) electrons. The predicted octanol–water partition coefficient (Wildman–Crippen LogP) is 4.11. The van der Waals surface area contributed by atoms with Crippen LogP contribution in [0.15, 0.2) is 36.9 Å². The third-order valence-corrected chi connectivity index (χ3v) is 6.64. The van der Waals surface area contributed by atoms with Crippen molar-refractivity contribution >= 4 is 11.6 Å². The first-order chi connectivity index (χ1) is 15.2. The van der Waals surface area contributed by atoms with Crippen molar-refractivity contribution in [1.82, 2.24) is 39.9 Å². The summed E-state index contributed by atoms with van der Waals surface area (Å²) in [4.78, 5) is 6.42. The van der Waals surface area contributed by atoms with Crippen molar-refractivity contribution in [2.24, 2.45) is 5.41 Å². The van der Waals surface area contributed by atoms with E-state index >= 15 is 0 Å². The summed E-state index contributed by atoms with van der Waals surface area (Å²) in [6.07, 6.45) is 6.99. The SMILES string of the molecule is CN(C)C1(c2nnnn2[C@H]([C@H](Oc2ccc(Cl)cc2)n2cncn2)C(C)(C)C)CCCC1. The van der Waals surface area contributed by atoms with Gasteiger partial charge in [0.15, 0.2) is 5.82 Å². The van der Waals surface area contributed by atoms with Crippen LogP contribution in [-0.4, -0.2) is 54.0 Å². The van der Waals surface area contributed by atoms with E-state index in [1.165, 1.54) is 6.33 Å². The van der Waals surface area contributed by atoms with Gasteiger partial charge >= 0.3 is 0 Å². The van der Waals surface area contributed by atoms with Crippen molar-refractivity contribution in [2.45, 2.75) is 64.3 Å². The second kappa shape index (κ2) is 8.78. The molecule has 0 unspecified atom stereocenters. The number of hydrogen-bond acceptors (Lipinski definition) is 7. The molecule has 0 amide bonds. The van der Waals surface area contributed by atoms with Crippen LogP contribution in [0.2, 0.25) is 5.02 Å². The van der Waals surface area contributed by atoms with E-state index in [-0.39, 0.29) is 17.0 Å². The van der Waals surface area contributed by atoms with Gasteiger partial charge in [-0.25, -0.2) is 14.3 Å². The van der Waals surface area contributed by atoms with Gasteiger partial charge in [0.1, 0.15) is 24.4 Å². The highest BCUT2D eigenvalue weighted by atomic mass is 35.5. The Hall–Kier alpha value is -2.52. The molecule has 1 aliphatic carbocycles. The van der Waals surface area contributed by atoms with Gasteiger partial charge in [-0.3, -0.25) is 4.90 Å². The topological polar surface area (TPSA) is 86.8 Å². The molecule has 0 N–H and O–H groups in total. The smallest absolute Gasteiger partial charge is 0.215 e. The van der Waals surface area contributed by atoms with Gasteiger partial charge in [0.05, 0.1) is 5.54 Å². The summed E-state index contributed by atoms with van der Waals surface area (Å²) in [6.45, 7) is 6.49. The van der Waals surface area contributed by atoms with Crippen molar-refractivity contribution in [3.63, 3.8) is 0 Å². The summed E-state index contributed by atoms with van der Waals surface area (Å²) in [5, 5.41) is 18.3. The molecule has 10 heteroatoms. The molecule has 2 heterocycles. The van der Waals surface area contributed by atoms with Crippen molar-refractivity contribution in [3.8, 4) is 5.75 Å². The summed E-state index contributed by atoms with van der Waals surface area (Å²) in [5.41, 5.74) is -0.473. The van der Waals surface area contributed by atoms with Crippen LogP contribution in [0.4, 0.5) is 0 Å². The number of tetrazole rings is 1. The zero-order valence-electron chi connectivity index (χ0n) is 19.3. The zero-order chi connectivity index (χ0) is 22.9. The Morgan fingerprint density at radius 3 is 2.38 bits per heavy atom. The first kappa shape index (κ1) is 22.7. The molecule has 32 heavy (non-hydrogen) atoms. The maximum Gasteiger partial charge on any atom is 0.215 e. The fourth-order valence-electron chi connectivity index (χ4n) is 4.70. The summed E-state index contributed by atoms with van der Waals surface area (Å²) < 4.78 is 10.2. The van der Waals surface area contributed by atoms with Gasteiger partial charge in [-0.1, -0.05) is 45.2 Å². The zero-order valence-corrected chi connectivity index (χ0v) is 20.1. The van der Waals surface area contributed by atoms with Crippen LogP contribution >= 0.6 is 11.6 Å². The number of nitrogens with zero attached hydrogens (tertiary/aromatic N) is 8. The second-order valence-corrected chi connectivity index (χ2v) is 10.2. The molecule has 3 aromatic rings. The Morgan fingerprint density at radius 2 is 1.81 bits per heavy atom. The van der Waals surface area contributed by atoms with Crippen LogP contribution in [0.5, 0.6) is 5.75 Å². The monoisotopic (exact) mass is 458 g/mol. The largest absolute Gasteiger partial charge is 0.466 e. The van der Waals surface area contributed by atoms with E-state index in [0.717, 1.165) is 31.5 Å². The first-order valence-electron chi connectivity index (χ1n) is 10.9. The minimum absolute atomic E-state index is 0.208. The molecule has 2 atom stereocenters. The summed E-state index contributed by atoms with van der Waals surface area (Å²) >= 11 is 6.08. The second-order valence-electron chi connectivity index (χ2n) is 9.73. The van der Waals surface area contributed by atoms with E-state index in [1.807, 2.05) is 28.9 Å². The molecule has 2 aromatic heterocycles. The average Bonchev–Trinajstić information content (AvgIpc) is 3.49. The molecular weight excluding hydrogens is 428 g/mol. The molecular formula is C22H31ClN8O. The maximum atomic E-state index is 6.51. The summed E-state index contributed by atoms with van der Waals surface area (Å²) in [6, 6.07) is 7.06. The predicted molar refractivity (Wildman–Crippen MR) is 121 cm³/mol. The van der Waals surface area contributed by atoms with Crippen molar-refractivity contribution in [2.75, 3.05) is 14.1 Å². The van der Waals surface area contributed by atoms with E-state index in [9.17, 15) is 0 Å². The van der Waals surface area contributed by atoms with Gasteiger partial charge in [-0.05, 0) is 67.0 Å². The number of aromatic nitrogens is 7. The fourth-order valence-corrected chi connectivity index (χ4v) is 4.82. The molecule has 9 nitrogen and oxygen atoms in total. The number of rotatable bonds is 7. The quantitative estimate of drug-likeness (QED) is 0.526. The Kier molecular flexibility index (Phi) is 6.22. The van der Waals surface area contributed by atoms with Crippen LogP contribution in [0.3, 0.4) is 0 Å². The van der Waals surface area contributed by atoms with Gasteiger partial charge in [-0.2, -0.15) is 5.10 Å². The molecule has 4 rings (SSSR count). The van der Waals surface area contributed by atoms with Crippen LogP contribution in [-0.2, 0) is 5.54 Å². The molecule has 1 aromatic carbocycles.